The number of nitrogens with one attached hydrogen (secondary N) is 1. The molecule has 1 rings (SSSR count). The summed E-state index contributed by atoms with van der Waals surface area (Å²) in [4.78, 5) is 11.2. The Bertz CT molecular complexity index is 196. The largest absolute Gasteiger partial charge is 0.480 e. The van der Waals surface area contributed by atoms with Gasteiger partial charge in [0.15, 0.2) is 0 Å². The van der Waals surface area contributed by atoms with Crippen LogP contribution in [-0.2, 0) is 9.53 Å². The third-order valence-corrected chi connectivity index (χ3v) is 2.44. The van der Waals surface area contributed by atoms with Crippen molar-refractivity contribution in [1.82, 2.24) is 5.32 Å². The predicted octanol–water partition coefficient (Wildman–Crippen LogP) is 0.866. The number of carbonyl (C=O) groups is 1. The summed E-state index contributed by atoms with van der Waals surface area (Å²) in [6, 6.07) is 0. The Morgan fingerprint density at radius 3 is 2.93 bits per heavy atom. The molecule has 14 heavy (non-hydrogen) atoms. The van der Waals surface area contributed by atoms with E-state index in [-0.39, 0.29) is 6.61 Å². The minimum atomic E-state index is -0.870. The highest BCUT2D eigenvalue weighted by Gasteiger charge is 2.39. The molecule has 2 N–H and O–H groups in total. The fourth-order valence-electron chi connectivity index (χ4n) is 1.85. The van der Waals surface area contributed by atoms with E-state index in [4.69, 9.17) is 4.74 Å². The quantitative estimate of drug-likeness (QED) is 0.711. The molecule has 0 aromatic carbocycles. The van der Waals surface area contributed by atoms with Gasteiger partial charge in [0, 0.05) is 6.61 Å². The van der Waals surface area contributed by atoms with Crippen LogP contribution >= 0.6 is 0 Å². The van der Waals surface area contributed by atoms with Gasteiger partial charge in [-0.3, -0.25) is 10.1 Å². The van der Waals surface area contributed by atoms with Gasteiger partial charge in [-0.05, 0) is 25.3 Å². The van der Waals surface area contributed by atoms with E-state index < -0.39 is 11.5 Å². The summed E-state index contributed by atoms with van der Waals surface area (Å²) in [7, 11) is 0. The highest BCUT2D eigenvalue weighted by molar-refractivity contribution is 5.79. The number of carboxylic acid groups (broad SMARTS) is 1. The van der Waals surface area contributed by atoms with E-state index in [1.165, 1.54) is 0 Å². The molecule has 0 aromatic rings. The van der Waals surface area contributed by atoms with Gasteiger partial charge in [0.2, 0.25) is 0 Å². The van der Waals surface area contributed by atoms with E-state index >= 15 is 0 Å². The Morgan fingerprint density at radius 2 is 2.36 bits per heavy atom. The van der Waals surface area contributed by atoms with Crippen molar-refractivity contribution in [3.63, 3.8) is 0 Å². The second kappa shape index (κ2) is 4.75. The lowest BCUT2D eigenvalue weighted by molar-refractivity contribution is -0.148. The zero-order valence-corrected chi connectivity index (χ0v) is 8.88. The molecule has 0 bridgehead atoms. The highest BCUT2D eigenvalue weighted by Crippen LogP contribution is 2.20. The molecule has 4 heteroatoms. The molecule has 1 saturated heterocycles. The summed E-state index contributed by atoms with van der Waals surface area (Å²) >= 11 is 0. The molecule has 1 atom stereocenters. The molecular formula is C10H19NO3. The maximum absolute atomic E-state index is 11.2. The molecule has 0 aromatic heterocycles. The fourth-order valence-corrected chi connectivity index (χ4v) is 1.85. The average molecular weight is 201 g/mol. The van der Waals surface area contributed by atoms with Crippen LogP contribution in [0, 0.1) is 5.92 Å². The molecule has 1 unspecified atom stereocenters. The molecule has 0 aliphatic carbocycles. The smallest absolute Gasteiger partial charge is 0.326 e. The maximum Gasteiger partial charge on any atom is 0.326 e. The third kappa shape index (κ3) is 2.69. The van der Waals surface area contributed by atoms with Gasteiger partial charge in [0.05, 0.1) is 6.61 Å². The van der Waals surface area contributed by atoms with Crippen molar-refractivity contribution >= 4 is 5.97 Å². The van der Waals surface area contributed by atoms with Crippen LogP contribution < -0.4 is 5.32 Å². The molecule has 82 valence electrons. The summed E-state index contributed by atoms with van der Waals surface area (Å²) in [5.74, 6) is -0.451. The molecule has 1 aliphatic heterocycles. The molecule has 0 radical (unpaired) electrons. The molecule has 1 fully saturated rings. The predicted molar refractivity (Wildman–Crippen MR) is 53.3 cm³/mol. The normalized spacial score (nSPS) is 28.8. The van der Waals surface area contributed by atoms with Crippen LogP contribution in [0.25, 0.3) is 0 Å². The van der Waals surface area contributed by atoms with Crippen LogP contribution in [0.3, 0.4) is 0 Å². The first-order chi connectivity index (χ1) is 6.57. The van der Waals surface area contributed by atoms with Gasteiger partial charge in [-0.15, -0.1) is 0 Å². The lowest BCUT2D eigenvalue weighted by atomic mass is 9.89. The minimum absolute atomic E-state index is 0.278. The van der Waals surface area contributed by atoms with E-state index in [2.05, 4.69) is 5.32 Å². The molecule has 1 aliphatic rings. The Kier molecular flexibility index (Phi) is 3.89. The van der Waals surface area contributed by atoms with Gasteiger partial charge >= 0.3 is 5.97 Å². The Morgan fingerprint density at radius 1 is 1.64 bits per heavy atom. The van der Waals surface area contributed by atoms with Crippen LogP contribution in [0.15, 0.2) is 0 Å². The van der Waals surface area contributed by atoms with E-state index in [0.29, 0.717) is 18.9 Å². The van der Waals surface area contributed by atoms with Crippen molar-refractivity contribution in [2.45, 2.75) is 32.2 Å². The Labute approximate surface area is 84.6 Å². The Hall–Kier alpha value is -0.610. The zero-order chi connectivity index (χ0) is 10.6. The van der Waals surface area contributed by atoms with E-state index in [9.17, 15) is 9.90 Å². The summed E-state index contributed by atoms with van der Waals surface area (Å²) in [5, 5.41) is 12.3. The van der Waals surface area contributed by atoms with Crippen molar-refractivity contribution in [3.8, 4) is 0 Å². The second-order valence-electron chi connectivity index (χ2n) is 4.32. The first kappa shape index (κ1) is 11.5. The van der Waals surface area contributed by atoms with Crippen molar-refractivity contribution in [3.05, 3.63) is 0 Å². The molecule has 0 amide bonds. The minimum Gasteiger partial charge on any atom is -0.480 e. The van der Waals surface area contributed by atoms with Crippen LogP contribution in [0.5, 0.6) is 0 Å². The van der Waals surface area contributed by atoms with Gasteiger partial charge in [-0.1, -0.05) is 13.8 Å². The number of hydrogen-bond donors (Lipinski definition) is 2. The SMILES string of the molecule is CC(C)CC1(C(=O)O)COCCCN1. The summed E-state index contributed by atoms with van der Waals surface area (Å²) in [6.45, 7) is 5.70. The second-order valence-corrected chi connectivity index (χ2v) is 4.32. The van der Waals surface area contributed by atoms with Crippen molar-refractivity contribution in [2.75, 3.05) is 19.8 Å². The standard InChI is InChI=1S/C10H19NO3/c1-8(2)6-10(9(12)13)7-14-5-3-4-11-10/h8,11H,3-7H2,1-2H3,(H,12,13). The first-order valence-electron chi connectivity index (χ1n) is 5.13. The van der Waals surface area contributed by atoms with E-state index in [0.717, 1.165) is 13.0 Å². The molecular weight excluding hydrogens is 182 g/mol. The maximum atomic E-state index is 11.2. The van der Waals surface area contributed by atoms with Crippen molar-refractivity contribution < 1.29 is 14.6 Å². The summed E-state index contributed by atoms with van der Waals surface area (Å²) in [5.41, 5.74) is -0.870. The molecule has 4 nitrogen and oxygen atoms in total. The number of hydrogen-bond acceptors (Lipinski definition) is 3. The van der Waals surface area contributed by atoms with Crippen LogP contribution in [0.1, 0.15) is 26.7 Å². The topological polar surface area (TPSA) is 58.6 Å². The van der Waals surface area contributed by atoms with Gasteiger partial charge in [-0.25, -0.2) is 0 Å². The van der Waals surface area contributed by atoms with Crippen LogP contribution in [0.2, 0.25) is 0 Å². The number of ether oxygens (including phenoxy) is 1. The first-order valence-corrected chi connectivity index (χ1v) is 5.13. The van der Waals surface area contributed by atoms with E-state index in [1.807, 2.05) is 13.8 Å². The van der Waals surface area contributed by atoms with Crippen LogP contribution in [-0.4, -0.2) is 36.4 Å². The highest BCUT2D eigenvalue weighted by atomic mass is 16.5. The zero-order valence-electron chi connectivity index (χ0n) is 8.88. The lowest BCUT2D eigenvalue weighted by Crippen LogP contribution is -2.55. The van der Waals surface area contributed by atoms with Crippen molar-refractivity contribution in [2.24, 2.45) is 5.92 Å². The fraction of sp³-hybridized carbons (Fsp3) is 0.900. The van der Waals surface area contributed by atoms with Gasteiger partial charge < -0.3 is 9.84 Å². The van der Waals surface area contributed by atoms with Crippen molar-refractivity contribution in [1.29, 1.82) is 0 Å². The van der Waals surface area contributed by atoms with Gasteiger partial charge in [0.25, 0.3) is 0 Å². The number of carboxylic acids is 1. The van der Waals surface area contributed by atoms with Gasteiger partial charge in [0.1, 0.15) is 5.54 Å². The van der Waals surface area contributed by atoms with Gasteiger partial charge in [-0.2, -0.15) is 0 Å². The molecule has 1 heterocycles. The average Bonchev–Trinajstić information content (AvgIpc) is 2.29. The lowest BCUT2D eigenvalue weighted by Gasteiger charge is -2.29. The molecule has 0 saturated carbocycles. The number of rotatable bonds is 3. The van der Waals surface area contributed by atoms with E-state index in [1.54, 1.807) is 0 Å². The van der Waals surface area contributed by atoms with Crippen LogP contribution in [0.4, 0.5) is 0 Å². The monoisotopic (exact) mass is 201 g/mol. The Balaban J connectivity index is 2.72. The third-order valence-electron chi connectivity index (χ3n) is 2.44. The molecule has 0 spiro atoms. The summed E-state index contributed by atoms with van der Waals surface area (Å²) in [6.07, 6.45) is 1.50. The summed E-state index contributed by atoms with van der Waals surface area (Å²) < 4.78 is 5.33. The number of aliphatic carboxylic acids is 1.